The molecule has 0 radical (unpaired) electrons. The normalized spacial score (nSPS) is 18.1. The number of methoxy groups -OCH3 is 1. The van der Waals surface area contributed by atoms with Crippen LogP contribution >= 0.6 is 0 Å². The number of nitrogens with zero attached hydrogens (tertiary/aromatic N) is 2. The molecule has 1 saturated heterocycles. The fourth-order valence-electron chi connectivity index (χ4n) is 2.57. The van der Waals surface area contributed by atoms with Gasteiger partial charge in [0.1, 0.15) is 5.60 Å². The Morgan fingerprint density at radius 2 is 2.22 bits per heavy atom. The second-order valence-electron chi connectivity index (χ2n) is 6.88. The number of hydrogen-bond donors (Lipinski definition) is 1. The topological polar surface area (TPSA) is 63.7 Å². The molecule has 1 amide bonds. The summed E-state index contributed by atoms with van der Waals surface area (Å²) in [5.74, 6) is 1.08. The molecule has 1 aliphatic heterocycles. The molecule has 1 atom stereocenters. The number of aromatic nitrogens is 1. The van der Waals surface area contributed by atoms with Crippen LogP contribution in [0, 0.1) is 5.92 Å². The van der Waals surface area contributed by atoms with Gasteiger partial charge in [-0.15, -0.1) is 0 Å². The fraction of sp³-hybridized carbons (Fsp3) is 0.647. The molecule has 2 heterocycles. The lowest BCUT2D eigenvalue weighted by atomic mass is 10.1. The first-order chi connectivity index (χ1) is 10.9. The molecule has 2 rings (SSSR count). The molecule has 1 unspecified atom stereocenters. The highest BCUT2D eigenvalue weighted by Crippen LogP contribution is 2.19. The van der Waals surface area contributed by atoms with Gasteiger partial charge in [0, 0.05) is 32.2 Å². The Bertz CT molecular complexity index is 528. The first-order valence-corrected chi connectivity index (χ1v) is 8.06. The SMILES string of the molecule is COc1cccc(CNCC2CCN(C(=O)OC(C)(C)C)C2)n1. The summed E-state index contributed by atoms with van der Waals surface area (Å²) in [7, 11) is 1.61. The summed E-state index contributed by atoms with van der Waals surface area (Å²) < 4.78 is 10.5. The molecule has 0 saturated carbocycles. The highest BCUT2D eigenvalue weighted by Gasteiger charge is 2.29. The maximum Gasteiger partial charge on any atom is 0.410 e. The first kappa shape index (κ1) is 17.5. The zero-order valence-corrected chi connectivity index (χ0v) is 14.5. The van der Waals surface area contributed by atoms with Crippen molar-refractivity contribution in [3.05, 3.63) is 23.9 Å². The van der Waals surface area contributed by atoms with Crippen LogP contribution in [0.2, 0.25) is 0 Å². The first-order valence-electron chi connectivity index (χ1n) is 8.06. The van der Waals surface area contributed by atoms with E-state index in [1.54, 1.807) is 12.0 Å². The Labute approximate surface area is 138 Å². The third-order valence-electron chi connectivity index (χ3n) is 3.67. The van der Waals surface area contributed by atoms with Crippen molar-refractivity contribution in [2.24, 2.45) is 5.92 Å². The van der Waals surface area contributed by atoms with Gasteiger partial charge in [0.15, 0.2) is 0 Å². The molecule has 6 heteroatoms. The van der Waals surface area contributed by atoms with E-state index in [1.807, 2.05) is 39.0 Å². The van der Waals surface area contributed by atoms with E-state index in [2.05, 4.69) is 10.3 Å². The average molecular weight is 321 g/mol. The van der Waals surface area contributed by atoms with Gasteiger partial charge in [-0.05, 0) is 39.2 Å². The summed E-state index contributed by atoms with van der Waals surface area (Å²) in [4.78, 5) is 18.2. The van der Waals surface area contributed by atoms with Crippen LogP contribution in [0.1, 0.15) is 32.9 Å². The van der Waals surface area contributed by atoms with Crippen LogP contribution in [0.15, 0.2) is 18.2 Å². The zero-order valence-electron chi connectivity index (χ0n) is 14.5. The van der Waals surface area contributed by atoms with Gasteiger partial charge < -0.3 is 19.7 Å². The van der Waals surface area contributed by atoms with Crippen LogP contribution in [0.3, 0.4) is 0 Å². The van der Waals surface area contributed by atoms with Crippen molar-refractivity contribution in [2.45, 2.75) is 39.3 Å². The van der Waals surface area contributed by atoms with Crippen LogP contribution < -0.4 is 10.1 Å². The van der Waals surface area contributed by atoms with Crippen molar-refractivity contribution in [3.63, 3.8) is 0 Å². The standard InChI is InChI=1S/C17H27N3O3/c1-17(2,3)23-16(21)20-9-8-13(12-20)10-18-11-14-6-5-7-15(19-14)22-4/h5-7,13,18H,8-12H2,1-4H3. The minimum Gasteiger partial charge on any atom is -0.481 e. The summed E-state index contributed by atoms with van der Waals surface area (Å²) >= 11 is 0. The van der Waals surface area contributed by atoms with Gasteiger partial charge in [0.2, 0.25) is 5.88 Å². The largest absolute Gasteiger partial charge is 0.481 e. The zero-order chi connectivity index (χ0) is 16.9. The lowest BCUT2D eigenvalue weighted by molar-refractivity contribution is 0.0288. The van der Waals surface area contributed by atoms with Gasteiger partial charge in [-0.25, -0.2) is 9.78 Å². The molecular weight excluding hydrogens is 294 g/mol. The number of amides is 1. The maximum atomic E-state index is 12.0. The minimum atomic E-state index is -0.439. The molecule has 1 aromatic heterocycles. The van der Waals surface area contributed by atoms with E-state index in [4.69, 9.17) is 9.47 Å². The predicted molar refractivity (Wildman–Crippen MR) is 88.4 cm³/mol. The predicted octanol–water partition coefficient (Wildman–Crippen LogP) is 2.44. The maximum absolute atomic E-state index is 12.0. The summed E-state index contributed by atoms with van der Waals surface area (Å²) in [6.45, 7) is 8.73. The smallest absolute Gasteiger partial charge is 0.410 e. The van der Waals surface area contributed by atoms with E-state index in [1.165, 1.54) is 0 Å². The number of carbonyl (C=O) groups is 1. The Morgan fingerprint density at radius 3 is 2.91 bits per heavy atom. The second kappa shape index (κ2) is 7.64. The van der Waals surface area contributed by atoms with Crippen molar-refractivity contribution in [3.8, 4) is 5.88 Å². The third kappa shape index (κ3) is 5.71. The third-order valence-corrected chi connectivity index (χ3v) is 3.67. The average Bonchev–Trinajstić information content (AvgIpc) is 2.95. The Hall–Kier alpha value is -1.82. The quantitative estimate of drug-likeness (QED) is 0.902. The summed E-state index contributed by atoms with van der Waals surface area (Å²) in [5, 5.41) is 3.41. The van der Waals surface area contributed by atoms with E-state index in [9.17, 15) is 4.79 Å². The molecule has 1 aromatic rings. The van der Waals surface area contributed by atoms with Crippen molar-refractivity contribution < 1.29 is 14.3 Å². The molecule has 0 aromatic carbocycles. The molecule has 23 heavy (non-hydrogen) atoms. The van der Waals surface area contributed by atoms with E-state index in [0.717, 1.165) is 31.7 Å². The molecular formula is C17H27N3O3. The summed E-state index contributed by atoms with van der Waals surface area (Å²) in [6, 6.07) is 5.74. The van der Waals surface area contributed by atoms with E-state index in [0.29, 0.717) is 18.3 Å². The summed E-state index contributed by atoms with van der Waals surface area (Å²) in [5.41, 5.74) is 0.511. The van der Waals surface area contributed by atoms with Crippen LogP contribution in [0.25, 0.3) is 0 Å². The van der Waals surface area contributed by atoms with Crippen LogP contribution in [-0.2, 0) is 11.3 Å². The van der Waals surface area contributed by atoms with Crippen molar-refractivity contribution in [2.75, 3.05) is 26.7 Å². The molecule has 0 bridgehead atoms. The molecule has 1 N–H and O–H groups in total. The molecule has 1 fully saturated rings. The molecule has 0 spiro atoms. The Kier molecular flexibility index (Phi) is 5.82. The van der Waals surface area contributed by atoms with E-state index in [-0.39, 0.29) is 6.09 Å². The van der Waals surface area contributed by atoms with Gasteiger partial charge in [-0.2, -0.15) is 0 Å². The van der Waals surface area contributed by atoms with Crippen LogP contribution in [-0.4, -0.2) is 48.3 Å². The van der Waals surface area contributed by atoms with Gasteiger partial charge in [-0.3, -0.25) is 0 Å². The highest BCUT2D eigenvalue weighted by atomic mass is 16.6. The van der Waals surface area contributed by atoms with Gasteiger partial charge in [0.25, 0.3) is 0 Å². The van der Waals surface area contributed by atoms with Crippen molar-refractivity contribution in [1.29, 1.82) is 0 Å². The Balaban J connectivity index is 1.72. The van der Waals surface area contributed by atoms with Crippen molar-refractivity contribution in [1.82, 2.24) is 15.2 Å². The number of hydrogen-bond acceptors (Lipinski definition) is 5. The number of ether oxygens (including phenoxy) is 2. The van der Waals surface area contributed by atoms with Gasteiger partial charge in [-0.1, -0.05) is 6.07 Å². The van der Waals surface area contributed by atoms with Crippen molar-refractivity contribution >= 4 is 6.09 Å². The lowest BCUT2D eigenvalue weighted by Gasteiger charge is -2.24. The van der Waals surface area contributed by atoms with Crippen LogP contribution in [0.5, 0.6) is 5.88 Å². The fourth-order valence-corrected chi connectivity index (χ4v) is 2.57. The number of carbonyl (C=O) groups excluding carboxylic acids is 1. The number of rotatable bonds is 5. The molecule has 128 valence electrons. The second-order valence-corrected chi connectivity index (χ2v) is 6.88. The molecule has 6 nitrogen and oxygen atoms in total. The number of likely N-dealkylation sites (tertiary alicyclic amines) is 1. The monoisotopic (exact) mass is 321 g/mol. The number of pyridine rings is 1. The molecule has 1 aliphatic rings. The van der Waals surface area contributed by atoms with Gasteiger partial charge in [0.05, 0.1) is 12.8 Å². The lowest BCUT2D eigenvalue weighted by Crippen LogP contribution is -2.36. The summed E-state index contributed by atoms with van der Waals surface area (Å²) in [6.07, 6.45) is 0.784. The molecule has 0 aliphatic carbocycles. The minimum absolute atomic E-state index is 0.213. The van der Waals surface area contributed by atoms with E-state index < -0.39 is 5.60 Å². The van der Waals surface area contributed by atoms with E-state index >= 15 is 0 Å². The van der Waals surface area contributed by atoms with Gasteiger partial charge >= 0.3 is 6.09 Å². The van der Waals surface area contributed by atoms with Crippen LogP contribution in [0.4, 0.5) is 4.79 Å². The highest BCUT2D eigenvalue weighted by molar-refractivity contribution is 5.68. The Morgan fingerprint density at radius 1 is 1.43 bits per heavy atom. The number of nitrogens with one attached hydrogen (secondary N) is 1.